The Morgan fingerprint density at radius 3 is 2.59 bits per heavy atom. The van der Waals surface area contributed by atoms with E-state index in [1.165, 1.54) is 12.8 Å². The Balaban J connectivity index is 1.26. The molecule has 4 aromatic rings. The predicted octanol–water partition coefficient (Wildman–Crippen LogP) is 6.90. The lowest BCUT2D eigenvalue weighted by Crippen LogP contribution is -2.33. The van der Waals surface area contributed by atoms with E-state index in [0.29, 0.717) is 48.3 Å². The Labute approximate surface area is 270 Å². The normalized spacial score (nSPS) is 17.1. The number of aromatic nitrogens is 4. The molecule has 11 nitrogen and oxygen atoms in total. The van der Waals surface area contributed by atoms with Gasteiger partial charge in [-0.25, -0.2) is 20.3 Å². The maximum absolute atomic E-state index is 12.6. The average Bonchev–Trinajstić information content (AvgIpc) is 3.78. The van der Waals surface area contributed by atoms with Crippen LogP contribution in [0.25, 0.3) is 22.4 Å². The van der Waals surface area contributed by atoms with Gasteiger partial charge in [0.2, 0.25) is 5.91 Å². The molecule has 0 spiro atoms. The number of hydrogen-bond acceptors (Lipinski definition) is 9. The molecular formula is C35H44N6O5. The Morgan fingerprint density at radius 1 is 1.04 bits per heavy atom. The van der Waals surface area contributed by atoms with E-state index in [1.54, 1.807) is 14.2 Å². The van der Waals surface area contributed by atoms with E-state index in [-0.39, 0.29) is 18.2 Å². The molecule has 0 bridgehead atoms. The lowest BCUT2D eigenvalue weighted by Gasteiger charge is -2.22. The predicted molar refractivity (Wildman–Crippen MR) is 176 cm³/mol. The van der Waals surface area contributed by atoms with E-state index in [2.05, 4.69) is 17.7 Å². The first-order valence-corrected chi connectivity index (χ1v) is 16.4. The van der Waals surface area contributed by atoms with Crippen LogP contribution in [0.3, 0.4) is 0 Å². The minimum Gasteiger partial charge on any atom is -0.497 e. The largest absolute Gasteiger partial charge is 0.497 e. The number of benzene rings is 2. The summed E-state index contributed by atoms with van der Waals surface area (Å²) in [7, 11) is 3.35. The minimum atomic E-state index is -0.369. The van der Waals surface area contributed by atoms with E-state index in [4.69, 9.17) is 34.1 Å². The summed E-state index contributed by atoms with van der Waals surface area (Å²) in [6.07, 6.45) is 10.6. The summed E-state index contributed by atoms with van der Waals surface area (Å²) in [5.41, 5.74) is 7.45. The third kappa shape index (κ3) is 7.76. The number of carbonyl (C=O) groups excluding carboxylic acids is 1. The third-order valence-electron chi connectivity index (χ3n) is 8.65. The van der Waals surface area contributed by atoms with Gasteiger partial charge in [0, 0.05) is 43.3 Å². The lowest BCUT2D eigenvalue weighted by atomic mass is 10.0. The number of fused-ring (bicyclic) bond motifs is 1. The Kier molecular flexibility index (Phi) is 10.3. The molecule has 46 heavy (non-hydrogen) atoms. The molecule has 1 aliphatic heterocycles. The van der Waals surface area contributed by atoms with Crippen LogP contribution in [0.2, 0.25) is 0 Å². The number of para-hydroxylation sites is 2. The van der Waals surface area contributed by atoms with Crippen molar-refractivity contribution in [2.45, 2.75) is 83.5 Å². The van der Waals surface area contributed by atoms with Crippen molar-refractivity contribution in [3.63, 3.8) is 0 Å². The number of hydrogen-bond donors (Lipinski definition) is 2. The van der Waals surface area contributed by atoms with Crippen molar-refractivity contribution in [1.82, 2.24) is 25.2 Å². The van der Waals surface area contributed by atoms with Gasteiger partial charge >= 0.3 is 0 Å². The van der Waals surface area contributed by atoms with Crippen LogP contribution in [0.15, 0.2) is 48.7 Å². The molecule has 2 fully saturated rings. The number of anilines is 2. The van der Waals surface area contributed by atoms with Crippen LogP contribution < -0.4 is 20.3 Å². The maximum atomic E-state index is 12.6. The molecule has 11 heteroatoms. The highest BCUT2D eigenvalue weighted by Crippen LogP contribution is 2.42. The highest BCUT2D eigenvalue weighted by Gasteiger charge is 2.26. The van der Waals surface area contributed by atoms with Gasteiger partial charge in [-0.15, -0.1) is 0 Å². The van der Waals surface area contributed by atoms with Gasteiger partial charge in [0.1, 0.15) is 22.9 Å². The Bertz CT molecular complexity index is 1630. The van der Waals surface area contributed by atoms with Gasteiger partial charge in [0.25, 0.3) is 0 Å². The van der Waals surface area contributed by atoms with E-state index >= 15 is 0 Å². The fraction of sp³-hybridized carbons (Fsp3) is 0.486. The topological polar surface area (TPSA) is 122 Å². The van der Waals surface area contributed by atoms with Crippen molar-refractivity contribution >= 4 is 28.4 Å². The first kappa shape index (κ1) is 31.7. The molecule has 2 N–H and O–H groups in total. The van der Waals surface area contributed by atoms with Gasteiger partial charge < -0.3 is 19.5 Å². The smallest absolute Gasteiger partial charge is 0.243 e. The van der Waals surface area contributed by atoms with Crippen LogP contribution >= 0.6 is 0 Å². The van der Waals surface area contributed by atoms with Crippen LogP contribution in [0.1, 0.15) is 76.3 Å². The Hall–Kier alpha value is -4.22. The zero-order valence-electron chi connectivity index (χ0n) is 27.0. The SMILES string of the molecule is CCCC(CCC(=O)NOC1CCCCO1)n1ccc(-c2nc3ccccc3nc2Nc2cc(OC)cc(OC)c2CC2CC2)n1. The van der Waals surface area contributed by atoms with E-state index in [0.717, 1.165) is 66.6 Å². The number of nitrogens with one attached hydrogen (secondary N) is 2. The van der Waals surface area contributed by atoms with Gasteiger partial charge in [0.15, 0.2) is 12.1 Å². The monoisotopic (exact) mass is 628 g/mol. The van der Waals surface area contributed by atoms with Gasteiger partial charge in [-0.1, -0.05) is 25.5 Å². The van der Waals surface area contributed by atoms with Crippen molar-refractivity contribution < 1.29 is 23.8 Å². The number of rotatable bonds is 15. The molecule has 1 saturated carbocycles. The fourth-order valence-electron chi connectivity index (χ4n) is 5.94. The number of methoxy groups -OCH3 is 2. The first-order chi connectivity index (χ1) is 22.5. The highest BCUT2D eigenvalue weighted by atomic mass is 16.8. The zero-order chi connectivity index (χ0) is 31.9. The van der Waals surface area contributed by atoms with Crippen LogP contribution in [0.5, 0.6) is 11.5 Å². The number of hydroxylamine groups is 1. The van der Waals surface area contributed by atoms with Crippen LogP contribution in [0.4, 0.5) is 11.5 Å². The third-order valence-corrected chi connectivity index (χ3v) is 8.65. The van der Waals surface area contributed by atoms with E-state index in [9.17, 15) is 4.79 Å². The van der Waals surface area contributed by atoms with Crippen molar-refractivity contribution in [1.29, 1.82) is 0 Å². The molecule has 2 unspecified atom stereocenters. The van der Waals surface area contributed by atoms with Crippen LogP contribution in [-0.2, 0) is 20.8 Å². The van der Waals surface area contributed by atoms with Crippen molar-refractivity contribution in [2.24, 2.45) is 5.92 Å². The molecule has 244 valence electrons. The molecule has 2 aromatic carbocycles. The summed E-state index contributed by atoms with van der Waals surface area (Å²) < 4.78 is 18.9. The Morgan fingerprint density at radius 2 is 1.87 bits per heavy atom. The average molecular weight is 629 g/mol. The van der Waals surface area contributed by atoms with Gasteiger partial charge in [0.05, 0.1) is 37.0 Å². The molecule has 2 aromatic heterocycles. The van der Waals surface area contributed by atoms with Gasteiger partial charge in [-0.2, -0.15) is 5.10 Å². The van der Waals surface area contributed by atoms with Crippen molar-refractivity contribution in [2.75, 3.05) is 26.1 Å². The summed E-state index contributed by atoms with van der Waals surface area (Å²) in [4.78, 5) is 28.2. The fourth-order valence-corrected chi connectivity index (χ4v) is 5.94. The highest BCUT2D eigenvalue weighted by molar-refractivity contribution is 5.84. The lowest BCUT2D eigenvalue weighted by molar-refractivity contribution is -0.200. The number of ether oxygens (including phenoxy) is 3. The van der Waals surface area contributed by atoms with Crippen molar-refractivity contribution in [3.8, 4) is 22.9 Å². The van der Waals surface area contributed by atoms with Crippen LogP contribution in [0, 0.1) is 5.92 Å². The molecule has 1 aliphatic carbocycles. The number of nitrogens with zero attached hydrogens (tertiary/aromatic N) is 4. The molecule has 1 saturated heterocycles. The quantitative estimate of drug-likeness (QED) is 0.135. The summed E-state index contributed by atoms with van der Waals surface area (Å²) in [6.45, 7) is 2.80. The summed E-state index contributed by atoms with van der Waals surface area (Å²) >= 11 is 0. The first-order valence-electron chi connectivity index (χ1n) is 16.4. The summed E-state index contributed by atoms with van der Waals surface area (Å²) in [5.74, 6) is 2.57. The second-order valence-electron chi connectivity index (χ2n) is 12.1. The number of amides is 1. The van der Waals surface area contributed by atoms with Crippen LogP contribution in [-0.4, -0.2) is 52.8 Å². The molecule has 2 atom stereocenters. The summed E-state index contributed by atoms with van der Waals surface area (Å²) in [5, 5.41) is 8.60. The second-order valence-corrected chi connectivity index (χ2v) is 12.1. The van der Waals surface area contributed by atoms with Gasteiger partial charge in [-0.3, -0.25) is 9.48 Å². The molecule has 0 radical (unpaired) electrons. The molecule has 2 aliphatic rings. The van der Waals surface area contributed by atoms with Crippen molar-refractivity contribution in [3.05, 3.63) is 54.2 Å². The molecule has 3 heterocycles. The maximum Gasteiger partial charge on any atom is 0.243 e. The zero-order valence-corrected chi connectivity index (χ0v) is 27.0. The molecular weight excluding hydrogens is 584 g/mol. The van der Waals surface area contributed by atoms with E-state index < -0.39 is 0 Å². The summed E-state index contributed by atoms with van der Waals surface area (Å²) in [6, 6.07) is 13.8. The molecule has 1 amide bonds. The second kappa shape index (κ2) is 14.9. The van der Waals surface area contributed by atoms with Gasteiger partial charge in [-0.05, 0) is 69.1 Å². The minimum absolute atomic E-state index is 0.0352. The molecule has 6 rings (SSSR count). The van der Waals surface area contributed by atoms with E-state index in [1.807, 2.05) is 53.3 Å². The number of carbonyl (C=O) groups is 1. The standard InChI is InChI=1S/C35H44N6O5/c1-4-9-24(15-16-32(42)40-46-33-12-7-8-19-45-33)41-18-17-29(39-41)34-35(37-28-11-6-5-10-27(28)36-34)38-30-21-25(43-2)22-31(44-3)26(30)20-23-13-14-23/h5-6,10-11,17-18,21-24,33H,4,7-9,12-16,19-20H2,1-3H3,(H,37,38)(H,40,42).